The fraction of sp³-hybridized carbons (Fsp3) is 0.825. The number of unbranched alkanes of at least 4 members (excludes halogenated alkanes) is 21. The van der Waals surface area contributed by atoms with E-state index < -0.39 is 0 Å². The van der Waals surface area contributed by atoms with E-state index >= 15 is 0 Å². The highest BCUT2D eigenvalue weighted by Crippen LogP contribution is 2.20. The number of hydrogen-bond donors (Lipinski definition) is 0. The Morgan fingerprint density at radius 2 is 1.10 bits per heavy atom. The third-order valence-electron chi connectivity index (χ3n) is 8.50. The van der Waals surface area contributed by atoms with Crippen LogP contribution in [0.1, 0.15) is 189 Å². The van der Waals surface area contributed by atoms with Crippen molar-refractivity contribution in [1.29, 1.82) is 0 Å². The number of thiophene rings is 1. The second-order valence-corrected chi connectivity index (χ2v) is 14.7. The fourth-order valence-electron chi connectivity index (χ4n) is 5.58. The number of esters is 1. The lowest BCUT2D eigenvalue weighted by Crippen LogP contribution is -2.35. The van der Waals surface area contributed by atoms with Gasteiger partial charge in [0.2, 0.25) is 0 Å². The lowest BCUT2D eigenvalue weighted by atomic mass is 10.1. The maximum Gasteiger partial charge on any atom is 0.305 e. The van der Waals surface area contributed by atoms with Crippen LogP contribution in [0.2, 0.25) is 0 Å². The highest BCUT2D eigenvalue weighted by molar-refractivity contribution is 7.14. The quantitative estimate of drug-likeness (QED) is 0.0323. The molecule has 0 saturated heterocycles. The molecule has 0 saturated carbocycles. The molecule has 0 aromatic carbocycles. The van der Waals surface area contributed by atoms with Crippen molar-refractivity contribution in [2.45, 2.75) is 181 Å². The first-order valence-corrected chi connectivity index (χ1v) is 20.4. The van der Waals surface area contributed by atoms with Gasteiger partial charge in [-0.05, 0) is 32.6 Å². The van der Waals surface area contributed by atoms with Crippen molar-refractivity contribution >= 4 is 29.7 Å². The minimum atomic E-state index is -0.246. The molecule has 8 heteroatoms. The van der Waals surface area contributed by atoms with Gasteiger partial charge >= 0.3 is 5.97 Å². The Morgan fingerprint density at radius 1 is 0.667 bits per heavy atom. The molecular formula is C40H74N2O5S. The molecule has 0 atom stereocenters. The van der Waals surface area contributed by atoms with E-state index in [1.807, 2.05) is 25.1 Å². The van der Waals surface area contributed by atoms with Crippen LogP contribution in [0.5, 0.6) is 0 Å². The minimum absolute atomic E-state index is 0.0841. The predicted octanol–water partition coefficient (Wildman–Crippen LogP) is 11.3. The monoisotopic (exact) mass is 695 g/mol. The number of carbonyl (C=O) groups excluding carboxylic acids is 3. The molecule has 0 aliphatic heterocycles. The lowest BCUT2D eigenvalue weighted by molar-refractivity contribution is -0.145. The molecule has 1 amide bonds. The highest BCUT2D eigenvalue weighted by atomic mass is 32.1. The normalized spacial score (nSPS) is 10.9. The van der Waals surface area contributed by atoms with Crippen molar-refractivity contribution in [3.63, 3.8) is 0 Å². The van der Waals surface area contributed by atoms with E-state index in [4.69, 9.17) is 9.47 Å². The molecule has 1 heterocycles. The maximum absolute atomic E-state index is 12.8. The van der Waals surface area contributed by atoms with Crippen LogP contribution in [-0.4, -0.2) is 62.1 Å². The van der Waals surface area contributed by atoms with Gasteiger partial charge in [-0.15, -0.1) is 11.3 Å². The molecule has 1 aromatic rings. The first kappa shape index (κ1) is 46.1. The molecule has 0 bridgehead atoms. The zero-order chi connectivity index (χ0) is 35.5. The number of ether oxygens (including phenoxy) is 2. The summed E-state index contributed by atoms with van der Waals surface area (Å²) in [6.45, 7) is 7.97. The smallest absolute Gasteiger partial charge is 0.305 e. The van der Waals surface area contributed by atoms with E-state index in [9.17, 15) is 14.4 Å². The Bertz CT molecular complexity index is 864. The minimum Gasteiger partial charge on any atom is -0.464 e. The third kappa shape index (κ3) is 29.0. The van der Waals surface area contributed by atoms with Crippen molar-refractivity contribution < 1.29 is 23.9 Å². The molecule has 0 unspecified atom stereocenters. The summed E-state index contributed by atoms with van der Waals surface area (Å²) in [5.41, 5.74) is 0. The van der Waals surface area contributed by atoms with Gasteiger partial charge in [-0.2, -0.15) is 0 Å². The second-order valence-electron chi connectivity index (χ2n) is 13.5. The van der Waals surface area contributed by atoms with Crippen LogP contribution in [-0.2, 0) is 25.6 Å². The summed E-state index contributed by atoms with van der Waals surface area (Å²) in [6, 6.07) is 3.70. The lowest BCUT2D eigenvalue weighted by Gasteiger charge is -2.20. The van der Waals surface area contributed by atoms with Gasteiger partial charge in [-0.3, -0.25) is 14.4 Å². The number of nitrogens with zero attached hydrogens (tertiary/aromatic N) is 2. The van der Waals surface area contributed by atoms with E-state index in [-0.39, 0.29) is 31.8 Å². The number of hydrogen-bond acceptors (Lipinski definition) is 7. The number of rotatable bonds is 32. The van der Waals surface area contributed by atoms with Gasteiger partial charge in [-0.25, -0.2) is 0 Å². The van der Waals surface area contributed by atoms with Gasteiger partial charge in [0.25, 0.3) is 12.4 Å². The van der Waals surface area contributed by atoms with E-state index in [0.717, 1.165) is 30.7 Å². The van der Waals surface area contributed by atoms with Crippen LogP contribution in [0, 0.1) is 0 Å². The largest absolute Gasteiger partial charge is 0.464 e. The van der Waals surface area contributed by atoms with Crippen molar-refractivity contribution in [3.05, 3.63) is 21.9 Å². The standard InChI is InChI=1S/C26H44N2O5S.C14H30/c1-4-5-6-7-8-9-10-11-12-13-14-15-25(30)33-19-18-28(21-32-22-29)26(31)24-17-16-23(34-24)20-27(2)3;1-3-5-7-9-11-13-14-12-10-8-6-4-2/h16-17,22H,4-15,18-21H2,1-3H3;3-14H2,1-2H3. The molecule has 0 spiro atoms. The van der Waals surface area contributed by atoms with E-state index in [1.165, 1.54) is 145 Å². The molecule has 0 N–H and O–H groups in total. The Balaban J connectivity index is 0.00000132. The molecule has 0 aliphatic carbocycles. The average Bonchev–Trinajstić information content (AvgIpc) is 3.54. The van der Waals surface area contributed by atoms with Crippen molar-refractivity contribution in [2.24, 2.45) is 0 Å². The number of amides is 1. The zero-order valence-electron chi connectivity index (χ0n) is 31.9. The highest BCUT2D eigenvalue weighted by Gasteiger charge is 2.19. The molecule has 0 fully saturated rings. The van der Waals surface area contributed by atoms with Gasteiger partial charge in [0, 0.05) is 17.8 Å². The molecule has 7 nitrogen and oxygen atoms in total. The summed E-state index contributed by atoms with van der Waals surface area (Å²) >= 11 is 1.41. The van der Waals surface area contributed by atoms with Crippen LogP contribution in [0.15, 0.2) is 12.1 Å². The van der Waals surface area contributed by atoms with E-state index in [0.29, 0.717) is 17.8 Å². The number of carbonyl (C=O) groups is 3. The molecule has 0 aliphatic rings. The Labute approximate surface area is 299 Å². The summed E-state index contributed by atoms with van der Waals surface area (Å²) in [6.07, 6.45) is 31.4. The summed E-state index contributed by atoms with van der Waals surface area (Å²) in [7, 11) is 3.94. The fourth-order valence-corrected chi connectivity index (χ4v) is 6.67. The van der Waals surface area contributed by atoms with Crippen LogP contribution in [0.3, 0.4) is 0 Å². The molecule has 0 radical (unpaired) electrons. The topological polar surface area (TPSA) is 76.1 Å². The Kier molecular flexibility index (Phi) is 33.5. The average molecular weight is 695 g/mol. The third-order valence-corrected chi connectivity index (χ3v) is 9.55. The molecule has 280 valence electrons. The molecule has 48 heavy (non-hydrogen) atoms. The SMILES string of the molecule is CCCCCCCCCCCCCC.CCCCCCCCCCCCCC(=O)OCCN(COC=O)C(=O)c1ccc(CN(C)C)s1. The second kappa shape index (κ2) is 34.9. The first-order chi connectivity index (χ1) is 23.4. The molecular weight excluding hydrogens is 621 g/mol. The van der Waals surface area contributed by atoms with Gasteiger partial charge in [0.05, 0.1) is 11.4 Å². The van der Waals surface area contributed by atoms with Crippen LogP contribution >= 0.6 is 11.3 Å². The Hall–Kier alpha value is -1.93. The van der Waals surface area contributed by atoms with Crippen LogP contribution < -0.4 is 0 Å². The van der Waals surface area contributed by atoms with Crippen LogP contribution in [0.4, 0.5) is 0 Å². The summed E-state index contributed by atoms with van der Waals surface area (Å²) in [5, 5.41) is 0. The van der Waals surface area contributed by atoms with Gasteiger partial charge in [-0.1, -0.05) is 162 Å². The maximum atomic E-state index is 12.8. The molecule has 1 aromatic heterocycles. The van der Waals surface area contributed by atoms with Crippen LogP contribution in [0.25, 0.3) is 0 Å². The van der Waals surface area contributed by atoms with Gasteiger partial charge in [0.1, 0.15) is 6.61 Å². The molecule has 1 rings (SSSR count). The van der Waals surface area contributed by atoms with Crippen molar-refractivity contribution in [1.82, 2.24) is 9.80 Å². The Morgan fingerprint density at radius 3 is 1.52 bits per heavy atom. The van der Waals surface area contributed by atoms with Crippen molar-refractivity contribution in [3.8, 4) is 0 Å². The predicted molar refractivity (Wildman–Crippen MR) is 204 cm³/mol. The van der Waals surface area contributed by atoms with Crippen molar-refractivity contribution in [2.75, 3.05) is 34.0 Å². The van der Waals surface area contributed by atoms with Gasteiger partial charge in [0.15, 0.2) is 6.73 Å². The van der Waals surface area contributed by atoms with Gasteiger partial charge < -0.3 is 19.3 Å². The summed E-state index contributed by atoms with van der Waals surface area (Å²) < 4.78 is 10.1. The summed E-state index contributed by atoms with van der Waals surface area (Å²) in [5.74, 6) is -0.484. The zero-order valence-corrected chi connectivity index (χ0v) is 32.7. The van der Waals surface area contributed by atoms with E-state index in [2.05, 4.69) is 20.8 Å². The first-order valence-electron chi connectivity index (χ1n) is 19.6. The summed E-state index contributed by atoms with van der Waals surface area (Å²) in [4.78, 5) is 40.5. The van der Waals surface area contributed by atoms with E-state index in [1.54, 1.807) is 6.07 Å².